The number of nitrogens with one attached hydrogen (secondary N) is 2. The zero-order valence-electron chi connectivity index (χ0n) is 19.3. The number of nitrogens with zero attached hydrogens (tertiary/aromatic N) is 1. The molecule has 0 bridgehead atoms. The maximum absolute atomic E-state index is 13.5. The average molecular weight is 452 g/mol. The largest absolute Gasteiger partial charge is 0.495 e. The van der Waals surface area contributed by atoms with Crippen molar-refractivity contribution in [3.8, 4) is 5.75 Å². The third-order valence-corrected chi connectivity index (χ3v) is 5.60. The van der Waals surface area contributed by atoms with Crippen molar-refractivity contribution in [3.05, 3.63) is 70.9 Å². The minimum atomic E-state index is -0.684. The van der Waals surface area contributed by atoms with Crippen molar-refractivity contribution in [1.82, 2.24) is 10.2 Å². The van der Waals surface area contributed by atoms with Gasteiger partial charge in [0.05, 0.1) is 37.1 Å². The number of hydrogen-bond acceptors (Lipinski definition) is 5. The predicted molar refractivity (Wildman–Crippen MR) is 125 cm³/mol. The van der Waals surface area contributed by atoms with Crippen molar-refractivity contribution in [1.29, 1.82) is 0 Å². The van der Waals surface area contributed by atoms with E-state index in [9.17, 15) is 14.4 Å². The van der Waals surface area contributed by atoms with Gasteiger partial charge in [0.15, 0.2) is 0 Å². The first kappa shape index (κ1) is 23.8. The average Bonchev–Trinajstić information content (AvgIpc) is 2.83. The fraction of sp³-hybridized carbons (Fsp3) is 0.320. The number of rotatable bonds is 8. The Labute approximate surface area is 193 Å². The molecule has 1 unspecified atom stereocenters. The van der Waals surface area contributed by atoms with E-state index < -0.39 is 12.0 Å². The van der Waals surface area contributed by atoms with E-state index in [0.717, 1.165) is 12.8 Å². The van der Waals surface area contributed by atoms with Crippen LogP contribution in [0.3, 0.4) is 0 Å². The summed E-state index contributed by atoms with van der Waals surface area (Å²) in [6.07, 6.45) is 1.73. The molecule has 1 aliphatic heterocycles. The number of anilines is 1. The molecule has 3 rings (SSSR count). The Kier molecular flexibility index (Phi) is 7.71. The first-order chi connectivity index (χ1) is 15.9. The van der Waals surface area contributed by atoms with Gasteiger partial charge in [0.2, 0.25) is 0 Å². The fourth-order valence-electron chi connectivity index (χ4n) is 3.78. The van der Waals surface area contributed by atoms with E-state index in [4.69, 9.17) is 9.47 Å². The second kappa shape index (κ2) is 10.7. The lowest BCUT2D eigenvalue weighted by atomic mass is 9.93. The van der Waals surface area contributed by atoms with Gasteiger partial charge in [-0.05, 0) is 43.2 Å². The Morgan fingerprint density at radius 1 is 1.09 bits per heavy atom. The summed E-state index contributed by atoms with van der Waals surface area (Å²) in [5.74, 6) is -0.271. The monoisotopic (exact) mass is 451 g/mol. The summed E-state index contributed by atoms with van der Waals surface area (Å²) < 4.78 is 10.1. The third kappa shape index (κ3) is 5.16. The molecule has 174 valence electrons. The quantitative estimate of drug-likeness (QED) is 0.585. The van der Waals surface area contributed by atoms with Gasteiger partial charge in [-0.1, -0.05) is 37.6 Å². The minimum absolute atomic E-state index is 0.267. The second-order valence-corrected chi connectivity index (χ2v) is 7.65. The lowest BCUT2D eigenvalue weighted by Gasteiger charge is -2.36. The highest BCUT2D eigenvalue weighted by atomic mass is 16.5. The maximum Gasteiger partial charge on any atom is 0.337 e. The van der Waals surface area contributed by atoms with Crippen molar-refractivity contribution in [2.45, 2.75) is 32.7 Å². The van der Waals surface area contributed by atoms with Crippen LogP contribution in [0.15, 0.2) is 59.8 Å². The van der Waals surface area contributed by atoms with Gasteiger partial charge in [0.1, 0.15) is 5.75 Å². The van der Waals surface area contributed by atoms with E-state index in [1.807, 2.05) is 13.0 Å². The number of para-hydroxylation sites is 2. The summed E-state index contributed by atoms with van der Waals surface area (Å²) in [6.45, 7) is 4.33. The number of benzene rings is 2. The summed E-state index contributed by atoms with van der Waals surface area (Å²) in [5, 5.41) is 5.87. The summed E-state index contributed by atoms with van der Waals surface area (Å²) in [7, 11) is 2.85. The van der Waals surface area contributed by atoms with Gasteiger partial charge >= 0.3 is 12.0 Å². The lowest BCUT2D eigenvalue weighted by molar-refractivity contribution is -0.113. The van der Waals surface area contributed by atoms with E-state index in [2.05, 4.69) is 10.6 Å². The molecule has 2 aromatic carbocycles. The van der Waals surface area contributed by atoms with Gasteiger partial charge in [-0.2, -0.15) is 0 Å². The Balaban J connectivity index is 2.01. The lowest BCUT2D eigenvalue weighted by Crippen LogP contribution is -2.48. The van der Waals surface area contributed by atoms with Crippen molar-refractivity contribution < 1.29 is 23.9 Å². The number of allylic oxidation sites excluding steroid dienone is 1. The molecule has 1 atom stereocenters. The molecule has 1 aliphatic rings. The first-order valence-corrected chi connectivity index (χ1v) is 10.8. The number of amides is 3. The SMILES string of the molecule is CCCCN1C(=O)NC(c2ccc(C(=O)OC)cc2)C(C(=O)Nc2ccccc2OC)=C1C. The van der Waals surface area contributed by atoms with Gasteiger partial charge in [-0.15, -0.1) is 0 Å². The fourth-order valence-corrected chi connectivity index (χ4v) is 3.78. The number of urea groups is 1. The molecule has 0 saturated heterocycles. The van der Waals surface area contributed by atoms with Crippen LogP contribution in [0.4, 0.5) is 10.5 Å². The minimum Gasteiger partial charge on any atom is -0.495 e. The Morgan fingerprint density at radius 3 is 2.42 bits per heavy atom. The van der Waals surface area contributed by atoms with Crippen LogP contribution in [0, 0.1) is 0 Å². The summed E-state index contributed by atoms with van der Waals surface area (Å²) >= 11 is 0. The molecule has 8 nitrogen and oxygen atoms in total. The van der Waals surface area contributed by atoms with Gasteiger partial charge in [0.25, 0.3) is 5.91 Å². The number of unbranched alkanes of at least 4 members (excludes halogenated alkanes) is 1. The van der Waals surface area contributed by atoms with E-state index >= 15 is 0 Å². The molecule has 2 N–H and O–H groups in total. The Morgan fingerprint density at radius 2 is 1.79 bits per heavy atom. The number of carbonyl (C=O) groups is 3. The molecular formula is C25H29N3O5. The normalized spacial score (nSPS) is 15.7. The smallest absolute Gasteiger partial charge is 0.337 e. The van der Waals surface area contributed by atoms with Crippen molar-refractivity contribution in [2.24, 2.45) is 0 Å². The number of methoxy groups -OCH3 is 2. The first-order valence-electron chi connectivity index (χ1n) is 10.8. The molecule has 0 saturated carbocycles. The number of esters is 1. The number of hydrogen-bond donors (Lipinski definition) is 2. The van der Waals surface area contributed by atoms with Gasteiger partial charge in [-0.3, -0.25) is 9.69 Å². The van der Waals surface area contributed by atoms with Crippen LogP contribution in [-0.4, -0.2) is 43.6 Å². The molecule has 0 spiro atoms. The van der Waals surface area contributed by atoms with Crippen LogP contribution in [0.5, 0.6) is 5.75 Å². The summed E-state index contributed by atoms with van der Waals surface area (Å²) in [6, 6.07) is 12.8. The molecule has 0 radical (unpaired) electrons. The molecule has 33 heavy (non-hydrogen) atoms. The molecule has 3 amide bonds. The molecule has 1 heterocycles. The highest BCUT2D eigenvalue weighted by molar-refractivity contribution is 6.07. The highest BCUT2D eigenvalue weighted by Crippen LogP contribution is 2.33. The number of ether oxygens (including phenoxy) is 2. The predicted octanol–water partition coefficient (Wildman–Crippen LogP) is 4.26. The van der Waals surface area contributed by atoms with Crippen molar-refractivity contribution >= 4 is 23.6 Å². The van der Waals surface area contributed by atoms with Gasteiger partial charge in [0, 0.05) is 12.2 Å². The molecule has 2 aromatic rings. The van der Waals surface area contributed by atoms with Crippen molar-refractivity contribution in [2.75, 3.05) is 26.1 Å². The molecule has 0 aromatic heterocycles. The summed E-state index contributed by atoms with van der Waals surface area (Å²) in [4.78, 5) is 39.8. The van der Waals surface area contributed by atoms with Crippen molar-refractivity contribution in [3.63, 3.8) is 0 Å². The zero-order valence-corrected chi connectivity index (χ0v) is 19.3. The summed E-state index contributed by atoms with van der Waals surface area (Å²) in [5.41, 5.74) is 2.59. The standard InChI is InChI=1S/C25H29N3O5/c1-5-6-15-28-16(2)21(23(29)26-19-9-7-8-10-20(19)32-3)22(27-25(28)31)17-11-13-18(14-12-17)24(30)33-4/h7-14,22H,5-6,15H2,1-4H3,(H,26,29)(H,27,31). The van der Waals surface area contributed by atoms with Crippen LogP contribution in [0.2, 0.25) is 0 Å². The second-order valence-electron chi connectivity index (χ2n) is 7.65. The van der Waals surface area contributed by atoms with E-state index in [1.165, 1.54) is 14.2 Å². The number of carbonyl (C=O) groups excluding carboxylic acids is 3. The highest BCUT2D eigenvalue weighted by Gasteiger charge is 2.35. The topological polar surface area (TPSA) is 97.0 Å². The van der Waals surface area contributed by atoms with E-state index in [1.54, 1.807) is 54.3 Å². The van der Waals surface area contributed by atoms with Gasteiger partial charge in [-0.25, -0.2) is 9.59 Å². The molecule has 8 heteroatoms. The van der Waals surface area contributed by atoms with E-state index in [-0.39, 0.29) is 11.9 Å². The van der Waals surface area contributed by atoms with Crippen LogP contribution in [0.1, 0.15) is 48.7 Å². The Hall–Kier alpha value is -3.81. The zero-order chi connectivity index (χ0) is 24.0. The van der Waals surface area contributed by atoms with Crippen LogP contribution in [-0.2, 0) is 9.53 Å². The van der Waals surface area contributed by atoms with Gasteiger partial charge < -0.3 is 20.1 Å². The molecular weight excluding hydrogens is 422 g/mol. The van der Waals surface area contributed by atoms with Crippen LogP contribution >= 0.6 is 0 Å². The Bertz CT molecular complexity index is 1060. The third-order valence-electron chi connectivity index (χ3n) is 5.60. The van der Waals surface area contributed by atoms with Crippen LogP contribution < -0.4 is 15.4 Å². The molecule has 0 fully saturated rings. The van der Waals surface area contributed by atoms with Crippen LogP contribution in [0.25, 0.3) is 0 Å². The molecule has 0 aliphatic carbocycles. The maximum atomic E-state index is 13.5. The van der Waals surface area contributed by atoms with E-state index in [0.29, 0.717) is 40.4 Å².